The molecule has 0 radical (unpaired) electrons. The molecule has 7 heteroatoms. The Morgan fingerprint density at radius 1 is 1.42 bits per heavy atom. The maximum Gasteiger partial charge on any atom is 0.186 e. The van der Waals surface area contributed by atoms with Crippen LogP contribution in [0, 0.1) is 10.8 Å². The largest absolute Gasteiger partial charge is 0.383 e. The van der Waals surface area contributed by atoms with Crippen molar-refractivity contribution in [3.05, 3.63) is 23.1 Å². The fraction of sp³-hybridized carbons (Fsp3) is 0.500. The summed E-state index contributed by atoms with van der Waals surface area (Å²) >= 11 is -2.10. The fourth-order valence-corrected chi connectivity index (χ4v) is 2.45. The highest BCUT2D eigenvalue weighted by atomic mass is 32.2. The Kier molecular flexibility index (Phi) is 5.00. The van der Waals surface area contributed by atoms with Crippen LogP contribution in [0.1, 0.15) is 12.8 Å². The molecular weight excluding hydrogens is 268 g/mol. The van der Waals surface area contributed by atoms with Crippen molar-refractivity contribution in [2.75, 3.05) is 25.1 Å². The highest BCUT2D eigenvalue weighted by Gasteiger charge is 2.14. The minimum absolute atomic E-state index is 0.159. The van der Waals surface area contributed by atoms with E-state index in [1.165, 1.54) is 12.1 Å². The molecule has 0 saturated carbocycles. The second kappa shape index (κ2) is 6.74. The topological polar surface area (TPSA) is 88.0 Å². The molecule has 0 spiro atoms. The average Bonchev–Trinajstić information content (AvgIpc) is 2.45. The number of nitroso groups, excluding NO2 is 1. The summed E-state index contributed by atoms with van der Waals surface area (Å²) in [6, 6.07) is 4.45. The molecule has 19 heavy (non-hydrogen) atoms. The minimum atomic E-state index is -2.10. The first kappa shape index (κ1) is 14.1. The molecule has 1 aliphatic heterocycles. The van der Waals surface area contributed by atoms with Gasteiger partial charge in [0.15, 0.2) is 11.1 Å². The monoisotopic (exact) mass is 284 g/mol. The van der Waals surface area contributed by atoms with Crippen LogP contribution in [0.25, 0.3) is 0 Å². The van der Waals surface area contributed by atoms with Crippen molar-refractivity contribution in [1.29, 1.82) is 0 Å². The van der Waals surface area contributed by atoms with Crippen molar-refractivity contribution in [3.8, 4) is 0 Å². The molecule has 1 heterocycles. The van der Waals surface area contributed by atoms with Crippen LogP contribution >= 0.6 is 0 Å². The van der Waals surface area contributed by atoms with Gasteiger partial charge in [0.1, 0.15) is 5.69 Å². The van der Waals surface area contributed by atoms with Crippen LogP contribution in [-0.4, -0.2) is 28.5 Å². The summed E-state index contributed by atoms with van der Waals surface area (Å²) in [7, 11) is 0. The van der Waals surface area contributed by atoms with Crippen molar-refractivity contribution in [2.24, 2.45) is 11.1 Å². The first-order valence-electron chi connectivity index (χ1n) is 6.10. The summed E-state index contributed by atoms with van der Waals surface area (Å²) < 4.78 is 25.2. The molecule has 1 aromatic carbocycles. The van der Waals surface area contributed by atoms with Gasteiger partial charge < -0.3 is 14.6 Å². The Hall–Kier alpha value is -1.31. The summed E-state index contributed by atoms with van der Waals surface area (Å²) in [5.74, 6) is 0.514. The van der Waals surface area contributed by atoms with Crippen LogP contribution in [0.3, 0.4) is 0 Å². The van der Waals surface area contributed by atoms with Crippen LogP contribution < -0.4 is 5.32 Å². The van der Waals surface area contributed by atoms with E-state index in [1.807, 2.05) is 0 Å². The van der Waals surface area contributed by atoms with Crippen molar-refractivity contribution in [3.63, 3.8) is 0 Å². The Balaban J connectivity index is 2.02. The van der Waals surface area contributed by atoms with Gasteiger partial charge in [-0.15, -0.1) is 4.91 Å². The van der Waals surface area contributed by atoms with Crippen molar-refractivity contribution in [2.45, 2.75) is 17.7 Å². The first-order chi connectivity index (χ1) is 9.20. The first-order valence-corrected chi connectivity index (χ1v) is 7.21. The molecule has 1 fully saturated rings. The lowest BCUT2D eigenvalue weighted by Gasteiger charge is -2.22. The molecule has 1 saturated heterocycles. The molecule has 2 rings (SSSR count). The van der Waals surface area contributed by atoms with Gasteiger partial charge in [0.2, 0.25) is 0 Å². The standard InChI is InChI=1S/C12H16N2O4S/c15-14-12-7-10(19(16)17)1-2-11(12)13-8-9-3-5-18-6-4-9/h1-2,7,9,13H,3-6,8H2,(H,16,17). The SMILES string of the molecule is O=Nc1cc(S(=O)O)ccc1NCC1CCOCC1. The second-order valence-corrected chi connectivity index (χ2v) is 5.43. The maximum absolute atomic E-state index is 10.9. The van der Waals surface area contributed by atoms with E-state index in [1.54, 1.807) is 6.07 Å². The Morgan fingerprint density at radius 3 is 2.79 bits per heavy atom. The Labute approximate surface area is 113 Å². The number of nitrogens with zero attached hydrogens (tertiary/aromatic N) is 1. The van der Waals surface area contributed by atoms with Crippen LogP contribution in [0.4, 0.5) is 11.4 Å². The van der Waals surface area contributed by atoms with E-state index < -0.39 is 11.1 Å². The van der Waals surface area contributed by atoms with E-state index in [4.69, 9.17) is 9.29 Å². The normalized spacial score (nSPS) is 17.9. The van der Waals surface area contributed by atoms with Gasteiger partial charge in [0.05, 0.1) is 10.6 Å². The lowest BCUT2D eigenvalue weighted by Crippen LogP contribution is -2.22. The zero-order valence-corrected chi connectivity index (χ0v) is 11.2. The number of benzene rings is 1. The van der Waals surface area contributed by atoms with Crippen LogP contribution in [0.5, 0.6) is 0 Å². The lowest BCUT2D eigenvalue weighted by atomic mass is 10.0. The highest BCUT2D eigenvalue weighted by Crippen LogP contribution is 2.28. The molecule has 104 valence electrons. The van der Waals surface area contributed by atoms with Crippen LogP contribution in [0.2, 0.25) is 0 Å². The predicted octanol–water partition coefficient (Wildman–Crippen LogP) is 2.50. The molecule has 0 aromatic heterocycles. The third-order valence-corrected chi connectivity index (χ3v) is 3.85. The molecule has 1 atom stereocenters. The second-order valence-electron chi connectivity index (χ2n) is 4.46. The highest BCUT2D eigenvalue weighted by molar-refractivity contribution is 7.79. The molecule has 1 unspecified atom stereocenters. The van der Waals surface area contributed by atoms with Gasteiger partial charge in [-0.25, -0.2) is 4.21 Å². The van der Waals surface area contributed by atoms with Gasteiger partial charge in [-0.1, -0.05) is 0 Å². The number of hydrogen-bond donors (Lipinski definition) is 2. The molecule has 1 aromatic rings. The lowest BCUT2D eigenvalue weighted by molar-refractivity contribution is 0.0699. The van der Waals surface area contributed by atoms with Gasteiger partial charge in [0, 0.05) is 19.8 Å². The fourth-order valence-electron chi connectivity index (χ4n) is 2.05. The average molecular weight is 284 g/mol. The van der Waals surface area contributed by atoms with E-state index >= 15 is 0 Å². The summed E-state index contributed by atoms with van der Waals surface area (Å²) in [4.78, 5) is 10.9. The summed E-state index contributed by atoms with van der Waals surface area (Å²) in [6.07, 6.45) is 1.99. The van der Waals surface area contributed by atoms with Gasteiger partial charge in [-0.2, -0.15) is 0 Å². The summed E-state index contributed by atoms with van der Waals surface area (Å²) in [5, 5.41) is 6.06. The van der Waals surface area contributed by atoms with E-state index in [9.17, 15) is 9.12 Å². The number of hydrogen-bond acceptors (Lipinski definition) is 5. The Morgan fingerprint density at radius 2 is 2.16 bits per heavy atom. The van der Waals surface area contributed by atoms with Crippen molar-refractivity contribution < 1.29 is 13.5 Å². The third-order valence-electron chi connectivity index (χ3n) is 3.19. The molecule has 0 amide bonds. The van der Waals surface area contributed by atoms with Gasteiger partial charge in [-0.3, -0.25) is 0 Å². The third kappa shape index (κ3) is 3.82. The minimum Gasteiger partial charge on any atom is -0.383 e. The summed E-state index contributed by atoms with van der Waals surface area (Å²) in [6.45, 7) is 2.29. The summed E-state index contributed by atoms with van der Waals surface area (Å²) in [5.41, 5.74) is 0.752. The zero-order chi connectivity index (χ0) is 13.7. The van der Waals surface area contributed by atoms with Crippen molar-refractivity contribution >= 4 is 22.5 Å². The molecule has 2 N–H and O–H groups in total. The van der Waals surface area contributed by atoms with Crippen LogP contribution in [0.15, 0.2) is 28.3 Å². The van der Waals surface area contributed by atoms with Gasteiger partial charge in [0.25, 0.3) is 0 Å². The molecular formula is C12H16N2O4S. The smallest absolute Gasteiger partial charge is 0.186 e. The van der Waals surface area contributed by atoms with Gasteiger partial charge in [-0.05, 0) is 42.1 Å². The van der Waals surface area contributed by atoms with E-state index in [0.29, 0.717) is 11.6 Å². The molecule has 6 nitrogen and oxygen atoms in total. The van der Waals surface area contributed by atoms with Crippen LogP contribution in [-0.2, 0) is 15.8 Å². The number of anilines is 1. The van der Waals surface area contributed by atoms with E-state index in [-0.39, 0.29) is 10.6 Å². The van der Waals surface area contributed by atoms with E-state index in [2.05, 4.69) is 10.5 Å². The molecule has 1 aliphatic rings. The zero-order valence-electron chi connectivity index (χ0n) is 10.4. The van der Waals surface area contributed by atoms with Gasteiger partial charge >= 0.3 is 0 Å². The predicted molar refractivity (Wildman–Crippen MR) is 73.0 cm³/mol. The van der Waals surface area contributed by atoms with Crippen molar-refractivity contribution in [1.82, 2.24) is 0 Å². The molecule has 0 aliphatic carbocycles. The number of ether oxygens (including phenoxy) is 1. The molecule has 0 bridgehead atoms. The number of rotatable bonds is 5. The number of nitrogens with one attached hydrogen (secondary N) is 1. The van der Waals surface area contributed by atoms with E-state index in [0.717, 1.165) is 32.6 Å². The maximum atomic E-state index is 10.9. The quantitative estimate of drug-likeness (QED) is 0.640. The Bertz CT molecular complexity index is 475.